The Kier molecular flexibility index (Phi) is 3.36. The Morgan fingerprint density at radius 3 is 2.71 bits per heavy atom. The molecule has 7 heteroatoms. The molecule has 0 amide bonds. The maximum absolute atomic E-state index is 12.1. The fourth-order valence-electron chi connectivity index (χ4n) is 1.24. The van der Waals surface area contributed by atoms with Crippen molar-refractivity contribution in [3.05, 3.63) is 33.7 Å². The average Bonchev–Trinajstić information content (AvgIpc) is 2.63. The molecule has 1 heterocycles. The van der Waals surface area contributed by atoms with E-state index in [0.29, 0.717) is 5.56 Å². The monoisotopic (exact) mass is 354 g/mol. The summed E-state index contributed by atoms with van der Waals surface area (Å²) in [6, 6.07) is 7.12. The third-order valence-electron chi connectivity index (χ3n) is 1.90. The molecule has 0 saturated heterocycles. The molecule has 0 bridgehead atoms. The van der Waals surface area contributed by atoms with Gasteiger partial charge in [0.25, 0.3) is 0 Å². The number of hydrogen-bond acceptors (Lipinski definition) is 3. The van der Waals surface area contributed by atoms with Crippen molar-refractivity contribution in [1.82, 2.24) is 10.1 Å². The highest BCUT2D eigenvalue weighted by atomic mass is 127. The molecule has 1 aromatic carbocycles. The topological polar surface area (TPSA) is 38.9 Å². The van der Waals surface area contributed by atoms with Crippen LogP contribution in [0, 0.1) is 3.57 Å². The van der Waals surface area contributed by atoms with Gasteiger partial charge in [0.05, 0.1) is 0 Å². The van der Waals surface area contributed by atoms with Gasteiger partial charge in [-0.15, -0.1) is 0 Å². The van der Waals surface area contributed by atoms with E-state index < -0.39 is 18.5 Å². The summed E-state index contributed by atoms with van der Waals surface area (Å²) >= 11 is 2.09. The minimum absolute atomic E-state index is 0.169. The summed E-state index contributed by atoms with van der Waals surface area (Å²) in [5, 5.41) is 3.52. The molecule has 0 N–H and O–H groups in total. The molecule has 0 aliphatic carbocycles. The second-order valence-electron chi connectivity index (χ2n) is 3.31. The maximum Gasteiger partial charge on any atom is 0.397 e. The molecule has 1 aromatic heterocycles. The van der Waals surface area contributed by atoms with Crippen molar-refractivity contribution in [2.45, 2.75) is 12.6 Å². The second kappa shape index (κ2) is 4.63. The maximum atomic E-state index is 12.1. The number of benzene rings is 1. The predicted molar refractivity (Wildman–Crippen MR) is 62.2 cm³/mol. The van der Waals surface area contributed by atoms with E-state index in [1.54, 1.807) is 18.2 Å². The third-order valence-corrected chi connectivity index (χ3v) is 2.57. The van der Waals surface area contributed by atoms with E-state index in [4.69, 9.17) is 0 Å². The number of halogens is 4. The standard InChI is InChI=1S/C10H6F3IN2O/c11-10(12,13)5-8-15-9(16-17-8)6-2-1-3-7(14)4-6/h1-4H,5H2. The molecule has 2 rings (SSSR count). The molecule has 0 saturated carbocycles. The van der Waals surface area contributed by atoms with Gasteiger partial charge >= 0.3 is 6.18 Å². The van der Waals surface area contributed by atoms with Gasteiger partial charge < -0.3 is 4.52 Å². The fourth-order valence-corrected chi connectivity index (χ4v) is 1.79. The molecule has 0 spiro atoms. The zero-order chi connectivity index (χ0) is 12.5. The highest BCUT2D eigenvalue weighted by Gasteiger charge is 2.31. The first kappa shape index (κ1) is 12.3. The molecule has 0 radical (unpaired) electrons. The summed E-state index contributed by atoms with van der Waals surface area (Å²) in [6.45, 7) is 0. The van der Waals surface area contributed by atoms with Crippen molar-refractivity contribution in [2.75, 3.05) is 0 Å². The summed E-state index contributed by atoms with van der Waals surface area (Å²) in [5.74, 6) is -0.255. The lowest BCUT2D eigenvalue weighted by molar-refractivity contribution is -0.131. The summed E-state index contributed by atoms with van der Waals surface area (Å²) < 4.78 is 41.8. The van der Waals surface area contributed by atoms with Crippen molar-refractivity contribution < 1.29 is 17.7 Å². The zero-order valence-electron chi connectivity index (χ0n) is 8.33. The van der Waals surface area contributed by atoms with Crippen LogP contribution < -0.4 is 0 Å². The molecular weight excluding hydrogens is 348 g/mol. The van der Waals surface area contributed by atoms with Gasteiger partial charge in [-0.3, -0.25) is 0 Å². The molecule has 0 unspecified atom stereocenters. The Hall–Kier alpha value is -1.12. The van der Waals surface area contributed by atoms with Crippen LogP contribution in [0.5, 0.6) is 0 Å². The van der Waals surface area contributed by atoms with E-state index in [2.05, 4.69) is 37.3 Å². The normalized spacial score (nSPS) is 11.8. The summed E-state index contributed by atoms with van der Waals surface area (Å²) in [5.41, 5.74) is 0.633. The Labute approximate surface area is 108 Å². The summed E-state index contributed by atoms with van der Waals surface area (Å²) in [7, 11) is 0. The summed E-state index contributed by atoms with van der Waals surface area (Å²) in [6.07, 6.45) is -5.54. The van der Waals surface area contributed by atoms with E-state index in [1.165, 1.54) is 0 Å². The quantitative estimate of drug-likeness (QED) is 0.776. The lowest BCUT2D eigenvalue weighted by Crippen LogP contribution is -2.11. The molecule has 0 aliphatic rings. The lowest BCUT2D eigenvalue weighted by atomic mass is 10.2. The van der Waals surface area contributed by atoms with Crippen LogP contribution in [0.15, 0.2) is 28.8 Å². The van der Waals surface area contributed by atoms with Crippen LogP contribution in [0.2, 0.25) is 0 Å². The molecule has 0 fully saturated rings. The molecule has 3 nitrogen and oxygen atoms in total. The fraction of sp³-hybridized carbons (Fsp3) is 0.200. The molecule has 2 aromatic rings. The molecule has 0 atom stereocenters. The lowest BCUT2D eigenvalue weighted by Gasteiger charge is -1.99. The van der Waals surface area contributed by atoms with Crippen molar-refractivity contribution in [2.24, 2.45) is 0 Å². The van der Waals surface area contributed by atoms with Crippen LogP contribution >= 0.6 is 22.6 Å². The largest absolute Gasteiger partial charge is 0.397 e. The smallest absolute Gasteiger partial charge is 0.339 e. The first-order valence-corrected chi connectivity index (χ1v) is 5.67. The van der Waals surface area contributed by atoms with Crippen LogP contribution in [-0.2, 0) is 6.42 Å². The van der Waals surface area contributed by atoms with Crippen LogP contribution in [0.1, 0.15) is 5.89 Å². The van der Waals surface area contributed by atoms with E-state index in [9.17, 15) is 13.2 Å². The second-order valence-corrected chi connectivity index (χ2v) is 4.56. The van der Waals surface area contributed by atoms with Gasteiger partial charge in [0.1, 0.15) is 6.42 Å². The summed E-state index contributed by atoms with van der Waals surface area (Å²) in [4.78, 5) is 3.71. The minimum Gasteiger partial charge on any atom is -0.339 e. The van der Waals surface area contributed by atoms with Crippen molar-refractivity contribution in [1.29, 1.82) is 0 Å². The van der Waals surface area contributed by atoms with Gasteiger partial charge in [-0.2, -0.15) is 18.2 Å². The third kappa shape index (κ3) is 3.42. The average molecular weight is 354 g/mol. The Bertz CT molecular complexity index is 524. The number of nitrogens with zero attached hydrogens (tertiary/aromatic N) is 2. The van der Waals surface area contributed by atoms with Gasteiger partial charge in [-0.1, -0.05) is 17.3 Å². The van der Waals surface area contributed by atoms with E-state index >= 15 is 0 Å². The van der Waals surface area contributed by atoms with Crippen molar-refractivity contribution in [3.8, 4) is 11.4 Å². The van der Waals surface area contributed by atoms with Gasteiger partial charge in [0.2, 0.25) is 11.7 Å². The van der Waals surface area contributed by atoms with Gasteiger partial charge in [0.15, 0.2) is 0 Å². The van der Waals surface area contributed by atoms with Crippen LogP contribution in [-0.4, -0.2) is 16.3 Å². The highest BCUT2D eigenvalue weighted by molar-refractivity contribution is 14.1. The molecule has 0 aliphatic heterocycles. The van der Waals surface area contributed by atoms with Crippen molar-refractivity contribution >= 4 is 22.6 Å². The van der Waals surface area contributed by atoms with Gasteiger partial charge in [0, 0.05) is 9.13 Å². The van der Waals surface area contributed by atoms with E-state index in [1.807, 2.05) is 6.07 Å². The Morgan fingerprint density at radius 2 is 2.06 bits per heavy atom. The highest BCUT2D eigenvalue weighted by Crippen LogP contribution is 2.23. The van der Waals surface area contributed by atoms with Gasteiger partial charge in [-0.25, -0.2) is 0 Å². The predicted octanol–water partition coefficient (Wildman–Crippen LogP) is 3.45. The van der Waals surface area contributed by atoms with Gasteiger partial charge in [-0.05, 0) is 34.7 Å². The van der Waals surface area contributed by atoms with Crippen LogP contribution in [0.3, 0.4) is 0 Å². The Balaban J connectivity index is 2.24. The van der Waals surface area contributed by atoms with Crippen LogP contribution in [0.25, 0.3) is 11.4 Å². The number of alkyl halides is 3. The molecular formula is C10H6F3IN2O. The molecule has 17 heavy (non-hydrogen) atoms. The minimum atomic E-state index is -4.34. The first-order valence-electron chi connectivity index (χ1n) is 4.59. The Morgan fingerprint density at radius 1 is 1.29 bits per heavy atom. The molecule has 90 valence electrons. The van der Waals surface area contributed by atoms with E-state index in [0.717, 1.165) is 3.57 Å². The zero-order valence-corrected chi connectivity index (χ0v) is 10.5. The number of aromatic nitrogens is 2. The number of rotatable bonds is 2. The van der Waals surface area contributed by atoms with Crippen LogP contribution in [0.4, 0.5) is 13.2 Å². The SMILES string of the molecule is FC(F)(F)Cc1nc(-c2cccc(I)c2)no1. The first-order chi connectivity index (χ1) is 7.94. The van der Waals surface area contributed by atoms with Crippen molar-refractivity contribution in [3.63, 3.8) is 0 Å². The number of hydrogen-bond donors (Lipinski definition) is 0. The van der Waals surface area contributed by atoms with E-state index in [-0.39, 0.29) is 5.82 Å².